The van der Waals surface area contributed by atoms with Crippen LogP contribution in [0.1, 0.15) is 28.9 Å². The molecule has 1 heterocycles. The average Bonchev–Trinajstić information content (AvgIpc) is 2.45. The predicted octanol–water partition coefficient (Wildman–Crippen LogP) is 0.602. The number of phenolic OH excluding ortho intramolecular Hbond substituents is 1. The summed E-state index contributed by atoms with van der Waals surface area (Å²) in [7, 11) is 1.52. The first-order chi connectivity index (χ1) is 9.91. The first kappa shape index (κ1) is 14.6. The van der Waals surface area contributed by atoms with Crippen LogP contribution in [0.4, 0.5) is 0 Å². The molecule has 0 spiro atoms. The number of phenols is 1. The molecule has 0 aliphatic rings. The number of H-pyrrole nitrogens is 2. The molecule has 1 amide bonds. The molecule has 1 aromatic carbocycles. The zero-order valence-electron chi connectivity index (χ0n) is 11.6. The van der Waals surface area contributed by atoms with E-state index in [1.54, 1.807) is 25.1 Å². The van der Waals surface area contributed by atoms with Crippen LogP contribution in [0.3, 0.4) is 0 Å². The van der Waals surface area contributed by atoms with Gasteiger partial charge in [0.1, 0.15) is 11.3 Å². The van der Waals surface area contributed by atoms with Crippen molar-refractivity contribution in [2.45, 2.75) is 13.0 Å². The second-order valence-electron chi connectivity index (χ2n) is 4.64. The number of nitrogens with one attached hydrogen (secondary N) is 2. The summed E-state index contributed by atoms with van der Waals surface area (Å²) in [6.07, 6.45) is 1.08. The topological polar surface area (TPSA) is 106 Å². The lowest BCUT2D eigenvalue weighted by Crippen LogP contribution is -2.36. The zero-order valence-corrected chi connectivity index (χ0v) is 11.6. The predicted molar refractivity (Wildman–Crippen MR) is 76.3 cm³/mol. The largest absolute Gasteiger partial charge is 0.508 e. The smallest absolute Gasteiger partial charge is 0.325 e. The average molecular weight is 289 g/mol. The Bertz CT molecular complexity index is 778. The van der Waals surface area contributed by atoms with E-state index in [2.05, 4.69) is 4.98 Å². The number of nitrogens with zero attached hydrogens (tertiary/aromatic N) is 1. The molecule has 0 fully saturated rings. The maximum atomic E-state index is 12.3. The first-order valence-corrected chi connectivity index (χ1v) is 6.29. The minimum absolute atomic E-state index is 0.0695. The van der Waals surface area contributed by atoms with E-state index in [4.69, 9.17) is 0 Å². The summed E-state index contributed by atoms with van der Waals surface area (Å²) in [5, 5.41) is 9.82. The van der Waals surface area contributed by atoms with E-state index in [0.29, 0.717) is 5.56 Å². The van der Waals surface area contributed by atoms with Gasteiger partial charge in [-0.2, -0.15) is 0 Å². The molecule has 0 aliphatic heterocycles. The number of hydrogen-bond donors (Lipinski definition) is 3. The molecule has 1 unspecified atom stereocenters. The van der Waals surface area contributed by atoms with Gasteiger partial charge in [0.05, 0.1) is 6.04 Å². The summed E-state index contributed by atoms with van der Waals surface area (Å²) in [4.78, 5) is 40.5. The van der Waals surface area contributed by atoms with Crippen LogP contribution in [0.2, 0.25) is 0 Å². The highest BCUT2D eigenvalue weighted by molar-refractivity contribution is 5.93. The standard InChI is InChI=1S/C14H15N3O4/c1-8(9-5-3-4-6-11(9)18)17(2)13(20)10-7-15-14(21)16-12(10)19/h3-8,18H,1-2H3,(H2,15,16,19,21). The number of benzene rings is 1. The molecule has 0 radical (unpaired) electrons. The number of aromatic nitrogens is 2. The van der Waals surface area contributed by atoms with Gasteiger partial charge in [-0.1, -0.05) is 18.2 Å². The van der Waals surface area contributed by atoms with Crippen molar-refractivity contribution in [3.8, 4) is 5.75 Å². The van der Waals surface area contributed by atoms with Crippen molar-refractivity contribution < 1.29 is 9.90 Å². The Kier molecular flexibility index (Phi) is 3.93. The molecule has 0 saturated carbocycles. The summed E-state index contributed by atoms with van der Waals surface area (Å²) < 4.78 is 0. The van der Waals surface area contributed by atoms with Crippen LogP contribution >= 0.6 is 0 Å². The summed E-state index contributed by atoms with van der Waals surface area (Å²) in [6, 6.07) is 6.21. The van der Waals surface area contributed by atoms with E-state index < -0.39 is 23.2 Å². The first-order valence-electron chi connectivity index (χ1n) is 6.29. The highest BCUT2D eigenvalue weighted by Gasteiger charge is 2.23. The maximum Gasteiger partial charge on any atom is 0.325 e. The van der Waals surface area contributed by atoms with Crippen LogP contribution in [-0.4, -0.2) is 32.9 Å². The van der Waals surface area contributed by atoms with E-state index in [-0.39, 0.29) is 11.3 Å². The molecule has 7 heteroatoms. The Hall–Kier alpha value is -2.83. The fourth-order valence-corrected chi connectivity index (χ4v) is 1.98. The van der Waals surface area contributed by atoms with Crippen molar-refractivity contribution in [1.29, 1.82) is 0 Å². The van der Waals surface area contributed by atoms with Crippen molar-refractivity contribution >= 4 is 5.91 Å². The Morgan fingerprint density at radius 2 is 1.95 bits per heavy atom. The van der Waals surface area contributed by atoms with Crippen molar-refractivity contribution in [2.75, 3.05) is 7.05 Å². The molecule has 0 bridgehead atoms. The lowest BCUT2D eigenvalue weighted by Gasteiger charge is -2.25. The Morgan fingerprint density at radius 1 is 1.29 bits per heavy atom. The molecule has 0 saturated heterocycles. The number of aromatic amines is 2. The van der Waals surface area contributed by atoms with Gasteiger partial charge in [0, 0.05) is 18.8 Å². The second-order valence-corrected chi connectivity index (χ2v) is 4.64. The van der Waals surface area contributed by atoms with Crippen molar-refractivity contribution in [3.05, 3.63) is 62.4 Å². The quantitative estimate of drug-likeness (QED) is 0.769. The third-order valence-electron chi connectivity index (χ3n) is 3.34. The molecule has 1 aromatic heterocycles. The van der Waals surface area contributed by atoms with Gasteiger partial charge < -0.3 is 15.0 Å². The van der Waals surface area contributed by atoms with E-state index in [9.17, 15) is 19.5 Å². The van der Waals surface area contributed by atoms with Gasteiger partial charge in [-0.25, -0.2) is 4.79 Å². The Labute approximate surface area is 119 Å². The summed E-state index contributed by atoms with van der Waals surface area (Å²) in [5.74, 6) is -0.483. The Balaban J connectivity index is 2.33. The van der Waals surface area contributed by atoms with Crippen LogP contribution < -0.4 is 11.2 Å². The molecule has 0 aliphatic carbocycles. The molecule has 2 aromatic rings. The molecule has 21 heavy (non-hydrogen) atoms. The second kappa shape index (κ2) is 5.66. The van der Waals surface area contributed by atoms with Crippen LogP contribution in [-0.2, 0) is 0 Å². The normalized spacial score (nSPS) is 11.9. The van der Waals surface area contributed by atoms with Crippen molar-refractivity contribution in [2.24, 2.45) is 0 Å². The van der Waals surface area contributed by atoms with Gasteiger partial charge in [0.25, 0.3) is 11.5 Å². The lowest BCUT2D eigenvalue weighted by molar-refractivity contribution is 0.0739. The molecule has 7 nitrogen and oxygen atoms in total. The van der Waals surface area contributed by atoms with E-state index in [0.717, 1.165) is 6.20 Å². The zero-order chi connectivity index (χ0) is 15.6. The number of aromatic hydroxyl groups is 1. The van der Waals surface area contributed by atoms with Crippen LogP contribution in [0, 0.1) is 0 Å². The highest BCUT2D eigenvalue weighted by atomic mass is 16.3. The van der Waals surface area contributed by atoms with Gasteiger partial charge in [-0.15, -0.1) is 0 Å². The minimum Gasteiger partial charge on any atom is -0.508 e. The SMILES string of the molecule is CC(c1ccccc1O)N(C)C(=O)c1c[nH]c(=O)[nH]c1=O. The van der Waals surface area contributed by atoms with Crippen molar-refractivity contribution in [1.82, 2.24) is 14.9 Å². The van der Waals surface area contributed by atoms with E-state index in [1.165, 1.54) is 18.0 Å². The van der Waals surface area contributed by atoms with Gasteiger partial charge in [-0.05, 0) is 13.0 Å². The third-order valence-corrected chi connectivity index (χ3v) is 3.34. The van der Waals surface area contributed by atoms with Gasteiger partial charge in [-0.3, -0.25) is 14.6 Å². The number of carbonyl (C=O) groups is 1. The summed E-state index contributed by atoms with van der Waals surface area (Å²) in [5.41, 5.74) is -1.03. The maximum absolute atomic E-state index is 12.3. The van der Waals surface area contributed by atoms with Crippen molar-refractivity contribution in [3.63, 3.8) is 0 Å². The van der Waals surface area contributed by atoms with Gasteiger partial charge in [0.15, 0.2) is 0 Å². The molecule has 3 N–H and O–H groups in total. The number of amides is 1. The summed E-state index contributed by atoms with van der Waals surface area (Å²) >= 11 is 0. The molecule has 110 valence electrons. The number of para-hydroxylation sites is 1. The highest BCUT2D eigenvalue weighted by Crippen LogP contribution is 2.27. The third kappa shape index (κ3) is 2.86. The number of carbonyl (C=O) groups excluding carboxylic acids is 1. The number of rotatable bonds is 3. The van der Waals surface area contributed by atoms with Gasteiger partial charge >= 0.3 is 5.69 Å². The monoisotopic (exact) mass is 289 g/mol. The van der Waals surface area contributed by atoms with Crippen LogP contribution in [0.15, 0.2) is 40.1 Å². The molecule has 1 atom stereocenters. The fourth-order valence-electron chi connectivity index (χ4n) is 1.98. The Morgan fingerprint density at radius 3 is 2.57 bits per heavy atom. The molecular formula is C14H15N3O4. The fraction of sp³-hybridized carbons (Fsp3) is 0.214. The summed E-state index contributed by atoms with van der Waals surface area (Å²) in [6.45, 7) is 1.73. The van der Waals surface area contributed by atoms with E-state index in [1.807, 2.05) is 4.98 Å². The van der Waals surface area contributed by atoms with E-state index >= 15 is 0 Å². The minimum atomic E-state index is -0.750. The lowest BCUT2D eigenvalue weighted by atomic mass is 10.1. The molecular weight excluding hydrogens is 274 g/mol. The number of hydrogen-bond acceptors (Lipinski definition) is 4. The van der Waals surface area contributed by atoms with Gasteiger partial charge in [0.2, 0.25) is 0 Å². The molecule has 2 rings (SSSR count). The van der Waals surface area contributed by atoms with Crippen LogP contribution in [0.25, 0.3) is 0 Å². The van der Waals surface area contributed by atoms with Crippen LogP contribution in [0.5, 0.6) is 5.75 Å².